The third-order valence-corrected chi connectivity index (χ3v) is 3.45. The van der Waals surface area contributed by atoms with E-state index in [1.165, 1.54) is 18.2 Å². The topological polar surface area (TPSA) is 72.6 Å². The quantitative estimate of drug-likeness (QED) is 0.653. The maximum atomic E-state index is 11.0. The fourth-order valence-corrected chi connectivity index (χ4v) is 2.29. The number of nitrogens with zero attached hydrogens (tertiary/aromatic N) is 1. The third-order valence-electron chi connectivity index (χ3n) is 2.53. The molecule has 7 heteroatoms. The Labute approximate surface area is 128 Å². The highest BCUT2D eigenvalue weighted by atomic mass is 79.9. The van der Waals surface area contributed by atoms with Crippen LogP contribution in [-0.4, -0.2) is 10.0 Å². The van der Waals surface area contributed by atoms with E-state index in [0.717, 1.165) is 0 Å². The van der Waals surface area contributed by atoms with Crippen molar-refractivity contribution < 1.29 is 14.8 Å². The van der Waals surface area contributed by atoms with Crippen molar-refractivity contribution in [2.24, 2.45) is 0 Å². The number of nitro benzene ring substituents is 1. The molecular formula is C13H9BrClNO4. The van der Waals surface area contributed by atoms with Crippen LogP contribution in [0.25, 0.3) is 0 Å². The number of rotatable bonds is 4. The van der Waals surface area contributed by atoms with E-state index in [-0.39, 0.29) is 23.1 Å². The summed E-state index contributed by atoms with van der Waals surface area (Å²) in [6, 6.07) is 9.23. The zero-order chi connectivity index (χ0) is 14.7. The van der Waals surface area contributed by atoms with E-state index < -0.39 is 4.92 Å². The van der Waals surface area contributed by atoms with Gasteiger partial charge in [0.2, 0.25) is 5.75 Å². The number of hydrogen-bond acceptors (Lipinski definition) is 4. The average molecular weight is 359 g/mol. The summed E-state index contributed by atoms with van der Waals surface area (Å²) in [6.45, 7) is -0.106. The zero-order valence-corrected chi connectivity index (χ0v) is 12.4. The van der Waals surface area contributed by atoms with Crippen LogP contribution in [-0.2, 0) is 6.61 Å². The molecule has 104 valence electrons. The van der Waals surface area contributed by atoms with Gasteiger partial charge in [-0.2, -0.15) is 0 Å². The second-order valence-corrected chi connectivity index (χ2v) is 5.13. The Morgan fingerprint density at radius 2 is 2.10 bits per heavy atom. The van der Waals surface area contributed by atoms with Gasteiger partial charge in [0.25, 0.3) is 0 Å². The summed E-state index contributed by atoms with van der Waals surface area (Å²) >= 11 is 9.23. The zero-order valence-electron chi connectivity index (χ0n) is 10.0. The van der Waals surface area contributed by atoms with Gasteiger partial charge >= 0.3 is 5.69 Å². The molecule has 0 heterocycles. The molecule has 0 amide bonds. The second-order valence-electron chi connectivity index (χ2n) is 3.87. The smallest absolute Gasteiger partial charge is 0.313 e. The monoisotopic (exact) mass is 357 g/mol. The number of hydrogen-bond donors (Lipinski definition) is 1. The van der Waals surface area contributed by atoms with Crippen LogP contribution in [0.4, 0.5) is 5.69 Å². The van der Waals surface area contributed by atoms with Gasteiger partial charge in [0.05, 0.1) is 21.0 Å². The molecule has 0 spiro atoms. The molecule has 20 heavy (non-hydrogen) atoms. The van der Waals surface area contributed by atoms with E-state index in [9.17, 15) is 10.1 Å². The molecule has 0 fully saturated rings. The van der Waals surface area contributed by atoms with Gasteiger partial charge in [0, 0.05) is 6.07 Å². The van der Waals surface area contributed by atoms with E-state index in [2.05, 4.69) is 15.9 Å². The molecular weight excluding hydrogens is 350 g/mol. The van der Waals surface area contributed by atoms with E-state index in [4.69, 9.17) is 21.4 Å². The SMILES string of the molecule is O=[N+]([O-])c1cccc(Cl)c1Oc1ccc(CO)cc1Br. The molecule has 2 aromatic carbocycles. The highest BCUT2D eigenvalue weighted by molar-refractivity contribution is 9.10. The Morgan fingerprint density at radius 1 is 1.35 bits per heavy atom. The first-order valence-electron chi connectivity index (χ1n) is 5.53. The van der Waals surface area contributed by atoms with Crippen molar-refractivity contribution in [3.05, 3.63) is 61.6 Å². The Kier molecular flexibility index (Phi) is 4.59. The van der Waals surface area contributed by atoms with Crippen molar-refractivity contribution in [3.63, 3.8) is 0 Å². The van der Waals surface area contributed by atoms with Crippen molar-refractivity contribution in [2.45, 2.75) is 6.61 Å². The normalized spacial score (nSPS) is 10.3. The first-order valence-corrected chi connectivity index (χ1v) is 6.70. The van der Waals surface area contributed by atoms with Crippen LogP contribution in [0.3, 0.4) is 0 Å². The molecule has 5 nitrogen and oxygen atoms in total. The standard InChI is InChI=1S/C13H9BrClNO4/c14-9-6-8(7-17)4-5-12(9)20-13-10(15)2-1-3-11(13)16(18)19/h1-6,17H,7H2. The minimum absolute atomic E-state index is 0.0170. The molecule has 0 aromatic heterocycles. The summed E-state index contributed by atoms with van der Waals surface area (Å²) < 4.78 is 6.10. The van der Waals surface area contributed by atoms with Crippen LogP contribution in [0.5, 0.6) is 11.5 Å². The maximum Gasteiger partial charge on any atom is 0.313 e. The number of nitro groups is 1. The van der Waals surface area contributed by atoms with Crippen LogP contribution < -0.4 is 4.74 Å². The second kappa shape index (κ2) is 6.21. The Hall–Kier alpha value is -1.63. The lowest BCUT2D eigenvalue weighted by atomic mass is 10.2. The minimum Gasteiger partial charge on any atom is -0.447 e. The molecule has 0 saturated carbocycles. The number of halogens is 2. The van der Waals surface area contributed by atoms with Crippen molar-refractivity contribution in [1.82, 2.24) is 0 Å². The summed E-state index contributed by atoms with van der Waals surface area (Å²) in [5.74, 6) is 0.356. The van der Waals surface area contributed by atoms with Crippen LogP contribution >= 0.6 is 27.5 Å². The third kappa shape index (κ3) is 3.09. The molecule has 0 atom stereocenters. The molecule has 0 aliphatic rings. The van der Waals surface area contributed by atoms with Crippen molar-refractivity contribution >= 4 is 33.2 Å². The Bertz CT molecular complexity index is 663. The number of ether oxygens (including phenoxy) is 1. The van der Waals surface area contributed by atoms with Crippen LogP contribution in [0, 0.1) is 10.1 Å². The lowest BCUT2D eigenvalue weighted by Gasteiger charge is -2.10. The summed E-state index contributed by atoms with van der Waals surface area (Å²) in [7, 11) is 0. The highest BCUT2D eigenvalue weighted by Gasteiger charge is 2.19. The van der Waals surface area contributed by atoms with Crippen LogP contribution in [0.1, 0.15) is 5.56 Å². The summed E-state index contributed by atoms with van der Waals surface area (Å²) in [5, 5.41) is 20.2. The Balaban J connectivity index is 2.42. The van der Waals surface area contributed by atoms with Gasteiger partial charge in [-0.15, -0.1) is 0 Å². The predicted octanol–water partition coefficient (Wildman–Crippen LogP) is 4.30. The number of para-hydroxylation sites is 1. The van der Waals surface area contributed by atoms with Gasteiger partial charge in [0.1, 0.15) is 5.75 Å². The molecule has 1 N–H and O–H groups in total. The first-order chi connectivity index (χ1) is 9.52. The fourth-order valence-electron chi connectivity index (χ4n) is 1.58. The van der Waals surface area contributed by atoms with Gasteiger partial charge < -0.3 is 9.84 Å². The highest BCUT2D eigenvalue weighted by Crippen LogP contribution is 2.40. The van der Waals surface area contributed by atoms with Crippen molar-refractivity contribution in [2.75, 3.05) is 0 Å². The van der Waals surface area contributed by atoms with E-state index in [1.807, 2.05) is 0 Å². The van der Waals surface area contributed by atoms with Gasteiger partial charge in [0.15, 0.2) is 0 Å². The summed E-state index contributed by atoms with van der Waals surface area (Å²) in [5.41, 5.74) is 0.480. The molecule has 2 rings (SSSR count). The van der Waals surface area contributed by atoms with E-state index in [1.54, 1.807) is 18.2 Å². The van der Waals surface area contributed by atoms with Crippen LogP contribution in [0.2, 0.25) is 5.02 Å². The lowest BCUT2D eigenvalue weighted by Crippen LogP contribution is -1.95. The largest absolute Gasteiger partial charge is 0.447 e. The summed E-state index contributed by atoms with van der Waals surface area (Å²) in [6.07, 6.45) is 0. The molecule has 0 unspecified atom stereocenters. The van der Waals surface area contributed by atoms with Gasteiger partial charge in [-0.3, -0.25) is 10.1 Å². The van der Waals surface area contributed by atoms with E-state index >= 15 is 0 Å². The van der Waals surface area contributed by atoms with Gasteiger partial charge in [-0.1, -0.05) is 23.7 Å². The molecule has 0 bridgehead atoms. The number of benzene rings is 2. The molecule has 2 aromatic rings. The molecule has 0 aliphatic heterocycles. The van der Waals surface area contributed by atoms with E-state index in [0.29, 0.717) is 15.8 Å². The maximum absolute atomic E-state index is 11.0. The lowest BCUT2D eigenvalue weighted by molar-refractivity contribution is -0.385. The number of aliphatic hydroxyl groups is 1. The van der Waals surface area contributed by atoms with Crippen LogP contribution in [0.15, 0.2) is 40.9 Å². The molecule has 0 radical (unpaired) electrons. The molecule has 0 aliphatic carbocycles. The van der Waals surface area contributed by atoms with Gasteiger partial charge in [-0.25, -0.2) is 0 Å². The van der Waals surface area contributed by atoms with Gasteiger partial charge in [-0.05, 0) is 39.7 Å². The summed E-state index contributed by atoms with van der Waals surface area (Å²) in [4.78, 5) is 10.4. The fraction of sp³-hybridized carbons (Fsp3) is 0.0769. The van der Waals surface area contributed by atoms with Crippen molar-refractivity contribution in [3.8, 4) is 11.5 Å². The Morgan fingerprint density at radius 3 is 2.70 bits per heavy atom. The predicted molar refractivity (Wildman–Crippen MR) is 78.2 cm³/mol. The number of aliphatic hydroxyl groups excluding tert-OH is 1. The van der Waals surface area contributed by atoms with Crippen molar-refractivity contribution in [1.29, 1.82) is 0 Å². The minimum atomic E-state index is -0.558. The average Bonchev–Trinajstić information content (AvgIpc) is 2.42. The molecule has 0 saturated heterocycles. The first kappa shape index (κ1) is 14.8.